The van der Waals surface area contributed by atoms with Crippen molar-refractivity contribution < 1.29 is 9.53 Å². The second kappa shape index (κ2) is 6.59. The second-order valence-corrected chi connectivity index (χ2v) is 6.89. The maximum absolute atomic E-state index is 12.2. The molecule has 1 aliphatic carbocycles. The van der Waals surface area contributed by atoms with Crippen LogP contribution in [0.5, 0.6) is 0 Å². The molecule has 4 nitrogen and oxygen atoms in total. The summed E-state index contributed by atoms with van der Waals surface area (Å²) in [4.78, 5) is 13.5. The van der Waals surface area contributed by atoms with E-state index >= 15 is 0 Å². The van der Waals surface area contributed by atoms with Crippen LogP contribution in [0.1, 0.15) is 48.1 Å². The third kappa shape index (κ3) is 3.12. The van der Waals surface area contributed by atoms with Crippen LogP contribution in [0.25, 0.3) is 0 Å². The van der Waals surface area contributed by atoms with Gasteiger partial charge in [0.05, 0.1) is 18.1 Å². The fourth-order valence-electron chi connectivity index (χ4n) is 3.08. The minimum absolute atomic E-state index is 0.00165. The molecule has 1 unspecified atom stereocenters. The van der Waals surface area contributed by atoms with Gasteiger partial charge < -0.3 is 10.1 Å². The number of thiophene rings is 1. The lowest BCUT2D eigenvalue weighted by Crippen LogP contribution is -2.22. The van der Waals surface area contributed by atoms with Crippen molar-refractivity contribution in [2.24, 2.45) is 5.92 Å². The molecule has 21 heavy (non-hydrogen) atoms. The summed E-state index contributed by atoms with van der Waals surface area (Å²) in [6.45, 7) is 1.16. The Morgan fingerprint density at radius 1 is 1.29 bits per heavy atom. The Labute approximate surface area is 129 Å². The van der Waals surface area contributed by atoms with E-state index < -0.39 is 0 Å². The lowest BCUT2D eigenvalue weighted by Gasteiger charge is -2.09. The number of amides is 1. The molecule has 0 spiro atoms. The van der Waals surface area contributed by atoms with Crippen molar-refractivity contribution in [2.45, 2.75) is 44.9 Å². The van der Waals surface area contributed by atoms with Gasteiger partial charge in [-0.3, -0.25) is 4.79 Å². The molecule has 1 amide bonds. The van der Waals surface area contributed by atoms with Crippen molar-refractivity contribution in [3.8, 4) is 6.07 Å². The number of aryl methyl sites for hydroxylation is 1. The molecule has 5 heteroatoms. The normalized spacial score (nSPS) is 22.0. The lowest BCUT2D eigenvalue weighted by molar-refractivity contribution is -0.119. The number of nitrogens with one attached hydrogen (secondary N) is 1. The van der Waals surface area contributed by atoms with Crippen LogP contribution in [0.4, 0.5) is 5.00 Å². The molecule has 0 saturated carbocycles. The predicted molar refractivity (Wildman–Crippen MR) is 82.5 cm³/mol. The number of nitrogens with zero attached hydrogens (tertiary/aromatic N) is 1. The molecule has 1 atom stereocenters. The van der Waals surface area contributed by atoms with Crippen LogP contribution in [0.3, 0.4) is 0 Å². The monoisotopic (exact) mass is 304 g/mol. The quantitative estimate of drug-likeness (QED) is 0.912. The predicted octanol–water partition coefficient (Wildman–Crippen LogP) is 3.25. The molecule has 1 aliphatic heterocycles. The minimum atomic E-state index is -0.0683. The van der Waals surface area contributed by atoms with Gasteiger partial charge in [0.1, 0.15) is 11.1 Å². The average molecular weight is 304 g/mol. The van der Waals surface area contributed by atoms with Crippen LogP contribution >= 0.6 is 11.3 Å². The highest BCUT2D eigenvalue weighted by atomic mass is 32.1. The molecule has 1 aromatic rings. The Morgan fingerprint density at radius 3 is 2.81 bits per heavy atom. The molecule has 0 aromatic carbocycles. The van der Waals surface area contributed by atoms with Crippen LogP contribution < -0.4 is 5.32 Å². The number of carbonyl (C=O) groups excluding carboxylic acids is 1. The zero-order valence-corrected chi connectivity index (χ0v) is 12.9. The van der Waals surface area contributed by atoms with E-state index in [1.54, 1.807) is 11.3 Å². The molecular weight excluding hydrogens is 284 g/mol. The summed E-state index contributed by atoms with van der Waals surface area (Å²) in [6.07, 6.45) is 7.61. The molecule has 0 radical (unpaired) electrons. The van der Waals surface area contributed by atoms with E-state index in [0.717, 1.165) is 30.7 Å². The van der Waals surface area contributed by atoms with Gasteiger partial charge in [-0.05, 0) is 37.7 Å². The molecule has 2 aliphatic rings. The van der Waals surface area contributed by atoms with Gasteiger partial charge in [0, 0.05) is 11.5 Å². The summed E-state index contributed by atoms with van der Waals surface area (Å²) in [5, 5.41) is 13.2. The van der Waals surface area contributed by atoms with E-state index in [1.807, 2.05) is 0 Å². The third-order valence-electron chi connectivity index (χ3n) is 4.32. The van der Waals surface area contributed by atoms with Gasteiger partial charge in [-0.25, -0.2) is 0 Å². The SMILES string of the molecule is N#Cc1c(NC(=O)C2CCOC2)sc2c1CCCCCC2. The number of carbonyl (C=O) groups is 1. The van der Waals surface area contributed by atoms with Gasteiger partial charge in [0.15, 0.2) is 0 Å². The highest BCUT2D eigenvalue weighted by Gasteiger charge is 2.26. The Kier molecular flexibility index (Phi) is 4.57. The standard InChI is InChI=1S/C16H20N2O2S/c17-9-13-12-5-3-1-2-4-6-14(12)21-16(13)18-15(19)11-7-8-20-10-11/h11H,1-8,10H2,(H,18,19). The van der Waals surface area contributed by atoms with Crippen molar-refractivity contribution in [1.82, 2.24) is 0 Å². The van der Waals surface area contributed by atoms with Crippen LogP contribution in [0, 0.1) is 17.2 Å². The fraction of sp³-hybridized carbons (Fsp3) is 0.625. The molecule has 1 fully saturated rings. The highest BCUT2D eigenvalue weighted by Crippen LogP contribution is 2.36. The van der Waals surface area contributed by atoms with E-state index in [-0.39, 0.29) is 11.8 Å². The van der Waals surface area contributed by atoms with E-state index in [0.29, 0.717) is 18.8 Å². The van der Waals surface area contributed by atoms with Crippen LogP contribution in [0.15, 0.2) is 0 Å². The van der Waals surface area contributed by atoms with Crippen molar-refractivity contribution in [2.75, 3.05) is 18.5 Å². The summed E-state index contributed by atoms with van der Waals surface area (Å²) in [5.74, 6) is -0.0700. The summed E-state index contributed by atoms with van der Waals surface area (Å²) >= 11 is 1.60. The third-order valence-corrected chi connectivity index (χ3v) is 5.53. The topological polar surface area (TPSA) is 62.1 Å². The van der Waals surface area contributed by atoms with Crippen LogP contribution in [-0.4, -0.2) is 19.1 Å². The van der Waals surface area contributed by atoms with Gasteiger partial charge in [-0.1, -0.05) is 12.8 Å². The minimum Gasteiger partial charge on any atom is -0.381 e. The van der Waals surface area contributed by atoms with E-state index in [4.69, 9.17) is 4.74 Å². The number of nitriles is 1. The summed E-state index contributed by atoms with van der Waals surface area (Å²) < 4.78 is 5.26. The molecule has 1 N–H and O–H groups in total. The second-order valence-electron chi connectivity index (χ2n) is 5.78. The van der Waals surface area contributed by atoms with Crippen molar-refractivity contribution >= 4 is 22.2 Å². The summed E-state index contributed by atoms with van der Waals surface area (Å²) in [7, 11) is 0. The Morgan fingerprint density at radius 2 is 2.10 bits per heavy atom. The molecule has 1 saturated heterocycles. The largest absolute Gasteiger partial charge is 0.381 e. The Balaban J connectivity index is 1.82. The number of hydrogen-bond acceptors (Lipinski definition) is 4. The van der Waals surface area contributed by atoms with Gasteiger partial charge in [-0.2, -0.15) is 5.26 Å². The first kappa shape index (κ1) is 14.6. The van der Waals surface area contributed by atoms with Crippen molar-refractivity contribution in [1.29, 1.82) is 5.26 Å². The maximum atomic E-state index is 12.2. The highest BCUT2D eigenvalue weighted by molar-refractivity contribution is 7.16. The summed E-state index contributed by atoms with van der Waals surface area (Å²) in [5.41, 5.74) is 1.88. The van der Waals surface area contributed by atoms with Gasteiger partial charge in [-0.15, -0.1) is 11.3 Å². The molecule has 3 rings (SSSR count). The van der Waals surface area contributed by atoms with Crippen molar-refractivity contribution in [3.63, 3.8) is 0 Å². The van der Waals surface area contributed by atoms with Gasteiger partial charge in [0.25, 0.3) is 0 Å². The van der Waals surface area contributed by atoms with Crippen molar-refractivity contribution in [3.05, 3.63) is 16.0 Å². The fourth-order valence-corrected chi connectivity index (χ4v) is 4.32. The van der Waals surface area contributed by atoms with E-state index in [1.165, 1.54) is 29.7 Å². The number of rotatable bonds is 2. The van der Waals surface area contributed by atoms with Crippen LogP contribution in [0.2, 0.25) is 0 Å². The number of hydrogen-bond donors (Lipinski definition) is 1. The Hall–Kier alpha value is -1.38. The van der Waals surface area contributed by atoms with E-state index in [2.05, 4.69) is 11.4 Å². The van der Waals surface area contributed by atoms with Gasteiger partial charge in [0.2, 0.25) is 5.91 Å². The van der Waals surface area contributed by atoms with Gasteiger partial charge >= 0.3 is 0 Å². The van der Waals surface area contributed by atoms with E-state index in [9.17, 15) is 10.1 Å². The maximum Gasteiger partial charge on any atom is 0.230 e. The number of fused-ring (bicyclic) bond motifs is 1. The average Bonchev–Trinajstić information content (AvgIpc) is 3.07. The molecule has 2 heterocycles. The first-order valence-corrected chi connectivity index (χ1v) is 8.54. The zero-order valence-electron chi connectivity index (χ0n) is 12.1. The molecule has 112 valence electrons. The number of anilines is 1. The first-order chi connectivity index (χ1) is 10.3. The lowest BCUT2D eigenvalue weighted by atomic mass is 9.97. The number of ether oxygens (including phenoxy) is 1. The Bertz CT molecular complexity index is 568. The molecular formula is C16H20N2O2S. The van der Waals surface area contributed by atoms with Crippen LogP contribution in [-0.2, 0) is 22.4 Å². The summed E-state index contributed by atoms with van der Waals surface area (Å²) in [6, 6.07) is 2.31. The molecule has 1 aromatic heterocycles. The zero-order chi connectivity index (χ0) is 14.7. The smallest absolute Gasteiger partial charge is 0.230 e. The molecule has 0 bridgehead atoms. The first-order valence-electron chi connectivity index (χ1n) is 7.73.